The fraction of sp³-hybridized carbons (Fsp3) is 0.364. The Balaban J connectivity index is 2.40. The Morgan fingerprint density at radius 2 is 2.33 bits per heavy atom. The molecule has 2 N–H and O–H groups in total. The first kappa shape index (κ1) is 12.2. The van der Waals surface area contributed by atoms with Gasteiger partial charge >= 0.3 is 5.97 Å². The molecule has 2 heterocycles. The maximum absolute atomic E-state index is 11.6. The SMILES string of the molecule is CCOC(=O)c1nc(-c2cc(C)nn2C)oc1N. The molecule has 0 atom stereocenters. The topological polar surface area (TPSA) is 96.2 Å². The van der Waals surface area contributed by atoms with Gasteiger partial charge in [0, 0.05) is 7.05 Å². The molecular weight excluding hydrogens is 236 g/mol. The number of nitrogens with two attached hydrogens (primary N) is 1. The van der Waals surface area contributed by atoms with Crippen molar-refractivity contribution in [3.63, 3.8) is 0 Å². The van der Waals surface area contributed by atoms with Crippen LogP contribution in [-0.4, -0.2) is 27.3 Å². The lowest BCUT2D eigenvalue weighted by Crippen LogP contribution is -2.07. The number of hydrogen-bond acceptors (Lipinski definition) is 6. The van der Waals surface area contributed by atoms with Crippen LogP contribution in [0.1, 0.15) is 23.1 Å². The molecule has 0 saturated carbocycles. The number of aromatic nitrogens is 3. The largest absolute Gasteiger partial charge is 0.461 e. The summed E-state index contributed by atoms with van der Waals surface area (Å²) in [5.41, 5.74) is 7.07. The molecule has 0 amide bonds. The number of aryl methyl sites for hydroxylation is 2. The number of carbonyl (C=O) groups is 1. The molecule has 2 aromatic rings. The summed E-state index contributed by atoms with van der Waals surface area (Å²) in [6.07, 6.45) is 0. The molecule has 0 aliphatic rings. The highest BCUT2D eigenvalue weighted by Gasteiger charge is 2.21. The fourth-order valence-corrected chi connectivity index (χ4v) is 1.60. The van der Waals surface area contributed by atoms with E-state index in [1.165, 1.54) is 0 Å². The zero-order valence-electron chi connectivity index (χ0n) is 10.4. The third-order valence-corrected chi connectivity index (χ3v) is 2.34. The van der Waals surface area contributed by atoms with Crippen LogP contribution in [0.5, 0.6) is 0 Å². The normalized spacial score (nSPS) is 10.6. The molecule has 0 aliphatic heterocycles. The summed E-state index contributed by atoms with van der Waals surface area (Å²) in [6, 6.07) is 1.79. The third kappa shape index (κ3) is 2.06. The summed E-state index contributed by atoms with van der Waals surface area (Å²) in [5, 5.41) is 4.17. The van der Waals surface area contributed by atoms with Gasteiger partial charge in [-0.25, -0.2) is 4.79 Å². The van der Waals surface area contributed by atoms with Crippen LogP contribution in [0.3, 0.4) is 0 Å². The number of esters is 1. The van der Waals surface area contributed by atoms with E-state index in [2.05, 4.69) is 10.1 Å². The number of carbonyl (C=O) groups excluding carboxylic acids is 1. The fourth-order valence-electron chi connectivity index (χ4n) is 1.60. The lowest BCUT2D eigenvalue weighted by Gasteiger charge is -1.96. The van der Waals surface area contributed by atoms with E-state index < -0.39 is 5.97 Å². The van der Waals surface area contributed by atoms with Crippen LogP contribution < -0.4 is 5.73 Å². The maximum atomic E-state index is 11.6. The second-order valence-electron chi connectivity index (χ2n) is 3.75. The smallest absolute Gasteiger partial charge is 0.362 e. The molecule has 0 fully saturated rings. The summed E-state index contributed by atoms with van der Waals surface area (Å²) in [5.74, 6) is -0.398. The van der Waals surface area contributed by atoms with Gasteiger partial charge in [-0.05, 0) is 19.9 Å². The molecule has 2 aromatic heterocycles. The summed E-state index contributed by atoms with van der Waals surface area (Å²) >= 11 is 0. The predicted octanol–water partition coefficient (Wildman–Crippen LogP) is 1.14. The van der Waals surface area contributed by atoms with Crippen LogP contribution >= 0.6 is 0 Å². The molecule has 0 radical (unpaired) electrons. The third-order valence-electron chi connectivity index (χ3n) is 2.34. The minimum Gasteiger partial charge on any atom is -0.461 e. The molecule has 0 aromatic carbocycles. The van der Waals surface area contributed by atoms with Crippen molar-refractivity contribution in [2.45, 2.75) is 13.8 Å². The van der Waals surface area contributed by atoms with Gasteiger partial charge in [-0.15, -0.1) is 0 Å². The highest BCUT2D eigenvalue weighted by Crippen LogP contribution is 2.24. The average Bonchev–Trinajstić information content (AvgIpc) is 2.82. The predicted molar refractivity (Wildman–Crippen MR) is 63.8 cm³/mol. The van der Waals surface area contributed by atoms with Crippen molar-refractivity contribution < 1.29 is 13.9 Å². The molecule has 2 rings (SSSR count). The standard InChI is InChI=1S/C11H14N4O3/c1-4-17-11(16)8-9(12)18-10(13-8)7-5-6(2)14-15(7)3/h5H,4,12H2,1-3H3. The summed E-state index contributed by atoms with van der Waals surface area (Å²) in [6.45, 7) is 3.81. The lowest BCUT2D eigenvalue weighted by molar-refractivity contribution is 0.0521. The minimum atomic E-state index is -0.594. The van der Waals surface area contributed by atoms with Gasteiger partial charge in [-0.2, -0.15) is 10.1 Å². The zero-order chi connectivity index (χ0) is 13.3. The van der Waals surface area contributed by atoms with E-state index in [1.807, 2.05) is 6.92 Å². The molecule has 96 valence electrons. The van der Waals surface area contributed by atoms with Crippen LogP contribution in [0.25, 0.3) is 11.6 Å². The van der Waals surface area contributed by atoms with Crippen LogP contribution in [0.15, 0.2) is 10.5 Å². The Labute approximate surface area is 104 Å². The molecule has 7 heteroatoms. The van der Waals surface area contributed by atoms with Crippen molar-refractivity contribution in [3.8, 4) is 11.6 Å². The second kappa shape index (κ2) is 4.52. The van der Waals surface area contributed by atoms with Gasteiger partial charge in [0.05, 0.1) is 12.3 Å². The quantitative estimate of drug-likeness (QED) is 0.820. The highest BCUT2D eigenvalue weighted by atomic mass is 16.5. The maximum Gasteiger partial charge on any atom is 0.362 e. The number of hydrogen-bond donors (Lipinski definition) is 1. The highest BCUT2D eigenvalue weighted by molar-refractivity contribution is 5.92. The number of nitrogens with zero attached hydrogens (tertiary/aromatic N) is 3. The van der Waals surface area contributed by atoms with Crippen molar-refractivity contribution >= 4 is 11.9 Å². The van der Waals surface area contributed by atoms with Gasteiger partial charge in [-0.3, -0.25) is 4.68 Å². The van der Waals surface area contributed by atoms with Crippen molar-refractivity contribution in [2.24, 2.45) is 7.05 Å². The van der Waals surface area contributed by atoms with Gasteiger partial charge in [0.2, 0.25) is 17.5 Å². The van der Waals surface area contributed by atoms with Gasteiger partial charge in [0.25, 0.3) is 0 Å². The first-order chi connectivity index (χ1) is 8.52. The van der Waals surface area contributed by atoms with Gasteiger partial charge in [0.15, 0.2) is 0 Å². The monoisotopic (exact) mass is 250 g/mol. The van der Waals surface area contributed by atoms with Crippen LogP contribution in [0, 0.1) is 6.92 Å². The molecule has 0 spiro atoms. The second-order valence-corrected chi connectivity index (χ2v) is 3.75. The number of oxazole rings is 1. The zero-order valence-corrected chi connectivity index (χ0v) is 10.4. The lowest BCUT2D eigenvalue weighted by atomic mass is 10.3. The van der Waals surface area contributed by atoms with E-state index >= 15 is 0 Å². The molecule has 7 nitrogen and oxygen atoms in total. The summed E-state index contributed by atoms with van der Waals surface area (Å²) < 4.78 is 11.7. The number of rotatable bonds is 3. The Morgan fingerprint density at radius 3 is 2.89 bits per heavy atom. The van der Waals surface area contributed by atoms with E-state index in [4.69, 9.17) is 14.9 Å². The molecule has 0 saturated heterocycles. The molecule has 0 bridgehead atoms. The van der Waals surface area contributed by atoms with E-state index in [1.54, 1.807) is 24.7 Å². The van der Waals surface area contributed by atoms with E-state index in [0.717, 1.165) is 5.69 Å². The minimum absolute atomic E-state index is 0.00861. The Morgan fingerprint density at radius 1 is 1.61 bits per heavy atom. The first-order valence-corrected chi connectivity index (χ1v) is 5.47. The number of anilines is 1. The molecule has 0 unspecified atom stereocenters. The van der Waals surface area contributed by atoms with Crippen LogP contribution in [0.4, 0.5) is 5.88 Å². The number of nitrogen functional groups attached to an aromatic ring is 1. The Hall–Kier alpha value is -2.31. The van der Waals surface area contributed by atoms with Crippen LogP contribution in [0.2, 0.25) is 0 Å². The summed E-state index contributed by atoms with van der Waals surface area (Å²) in [4.78, 5) is 15.6. The van der Waals surface area contributed by atoms with Gasteiger partial charge in [0.1, 0.15) is 5.69 Å². The average molecular weight is 250 g/mol. The summed E-state index contributed by atoms with van der Waals surface area (Å²) in [7, 11) is 1.76. The Bertz CT molecular complexity index is 585. The van der Waals surface area contributed by atoms with Gasteiger partial charge in [-0.1, -0.05) is 0 Å². The first-order valence-electron chi connectivity index (χ1n) is 5.47. The van der Waals surface area contributed by atoms with Gasteiger partial charge < -0.3 is 14.9 Å². The van der Waals surface area contributed by atoms with E-state index in [-0.39, 0.29) is 24.1 Å². The van der Waals surface area contributed by atoms with E-state index in [9.17, 15) is 4.79 Å². The van der Waals surface area contributed by atoms with Crippen molar-refractivity contribution in [2.75, 3.05) is 12.3 Å². The van der Waals surface area contributed by atoms with Crippen molar-refractivity contribution in [1.82, 2.24) is 14.8 Å². The molecular formula is C11H14N4O3. The van der Waals surface area contributed by atoms with Crippen molar-refractivity contribution in [3.05, 3.63) is 17.5 Å². The Kier molecular flexibility index (Phi) is 3.05. The molecule has 18 heavy (non-hydrogen) atoms. The van der Waals surface area contributed by atoms with Crippen molar-refractivity contribution in [1.29, 1.82) is 0 Å². The molecule has 0 aliphatic carbocycles. The van der Waals surface area contributed by atoms with Crippen LogP contribution in [-0.2, 0) is 11.8 Å². The number of ether oxygens (including phenoxy) is 1. The van der Waals surface area contributed by atoms with E-state index in [0.29, 0.717) is 5.69 Å².